The maximum Gasteiger partial charge on any atom is 0.160 e. The number of para-hydroxylation sites is 1. The Bertz CT molecular complexity index is 3180. The van der Waals surface area contributed by atoms with Gasteiger partial charge in [-0.1, -0.05) is 170 Å². The van der Waals surface area contributed by atoms with Crippen LogP contribution < -0.4 is 0 Å². The number of fused-ring (bicyclic) bond motifs is 8. The number of hydrogen-bond acceptors (Lipinski definition) is 4. The van der Waals surface area contributed by atoms with Gasteiger partial charge in [-0.05, 0) is 45.3 Å². The Kier molecular flexibility index (Phi) is 7.35. The van der Waals surface area contributed by atoms with Gasteiger partial charge in [0.25, 0.3) is 0 Å². The molecule has 0 radical (unpaired) electrons. The Morgan fingerprint density at radius 2 is 0.945 bits per heavy atom. The van der Waals surface area contributed by atoms with Gasteiger partial charge in [0.05, 0.1) is 22.6 Å². The van der Waals surface area contributed by atoms with E-state index >= 15 is 0 Å². The van der Waals surface area contributed by atoms with Gasteiger partial charge in [-0.3, -0.25) is 0 Å². The highest BCUT2D eigenvalue weighted by atomic mass is 32.1. The molecule has 11 aromatic rings. The molecule has 0 spiro atoms. The van der Waals surface area contributed by atoms with Crippen molar-refractivity contribution in [2.24, 2.45) is 0 Å². The van der Waals surface area contributed by atoms with E-state index in [0.717, 1.165) is 50.4 Å². The van der Waals surface area contributed by atoms with Gasteiger partial charge >= 0.3 is 0 Å². The molecule has 55 heavy (non-hydrogen) atoms. The lowest BCUT2D eigenvalue weighted by Crippen LogP contribution is -1.96. The summed E-state index contributed by atoms with van der Waals surface area (Å²) in [6.45, 7) is 0. The number of aromatic nitrogens is 3. The second kappa shape index (κ2) is 12.8. The molecule has 0 saturated carbocycles. The fourth-order valence-electron chi connectivity index (χ4n) is 8.06. The molecule has 0 aliphatic heterocycles. The fraction of sp³-hybridized carbons (Fsp3) is 0. The molecular formula is C51H31N3S. The summed E-state index contributed by atoms with van der Waals surface area (Å²) in [5.41, 5.74) is 10.2. The predicted molar refractivity (Wildman–Crippen MR) is 232 cm³/mol. The zero-order chi connectivity index (χ0) is 36.3. The van der Waals surface area contributed by atoms with Crippen molar-refractivity contribution in [2.45, 2.75) is 0 Å². The predicted octanol–water partition coefficient (Wildman–Crippen LogP) is 14.0. The molecular weight excluding hydrogens is 687 g/mol. The van der Waals surface area contributed by atoms with Crippen LogP contribution in [0.15, 0.2) is 188 Å². The van der Waals surface area contributed by atoms with E-state index < -0.39 is 0 Å². The minimum absolute atomic E-state index is 0.706. The summed E-state index contributed by atoms with van der Waals surface area (Å²) in [6.07, 6.45) is 0. The molecule has 256 valence electrons. The number of rotatable bonds is 5. The molecule has 8 aromatic carbocycles. The Morgan fingerprint density at radius 3 is 1.71 bits per heavy atom. The monoisotopic (exact) mass is 717 g/mol. The number of thiophene rings is 1. The van der Waals surface area contributed by atoms with E-state index in [4.69, 9.17) is 15.0 Å². The van der Waals surface area contributed by atoms with Crippen molar-refractivity contribution in [2.75, 3.05) is 0 Å². The van der Waals surface area contributed by atoms with Gasteiger partial charge in [0.15, 0.2) is 5.82 Å². The van der Waals surface area contributed by atoms with Gasteiger partial charge in [-0.25, -0.2) is 15.0 Å². The molecule has 0 aliphatic carbocycles. The minimum atomic E-state index is 0.706. The van der Waals surface area contributed by atoms with Crippen LogP contribution in [0.1, 0.15) is 0 Å². The first kappa shape index (κ1) is 31.5. The zero-order valence-electron chi connectivity index (χ0n) is 29.6. The van der Waals surface area contributed by atoms with E-state index in [-0.39, 0.29) is 0 Å². The van der Waals surface area contributed by atoms with Crippen LogP contribution in [0.3, 0.4) is 0 Å². The van der Waals surface area contributed by atoms with Crippen LogP contribution in [-0.2, 0) is 0 Å². The van der Waals surface area contributed by atoms with Crippen LogP contribution >= 0.6 is 11.3 Å². The standard InChI is InChI=1S/C51H31N3S/c1-3-14-32(15-4-1)44-31-45(53-51(52-44)35-16-5-2-6-17-35)33-26-28-34(29-27-33)48-47-41-22-11-12-25-46(41)55-50(47)42-24-13-23-40(49(42)54-48)43-30-36-18-7-8-19-37(36)38-20-9-10-21-39(38)43/h1-31H. The van der Waals surface area contributed by atoms with Gasteiger partial charge in [0.2, 0.25) is 0 Å². The summed E-state index contributed by atoms with van der Waals surface area (Å²) in [7, 11) is 0. The van der Waals surface area contributed by atoms with Crippen LogP contribution in [0.2, 0.25) is 0 Å². The third-order valence-corrected chi connectivity index (χ3v) is 11.9. The highest BCUT2D eigenvalue weighted by Gasteiger charge is 2.20. The summed E-state index contributed by atoms with van der Waals surface area (Å²) in [4.78, 5) is 15.7. The van der Waals surface area contributed by atoms with Crippen molar-refractivity contribution in [3.05, 3.63) is 188 Å². The number of benzene rings is 8. The Labute approximate surface area is 321 Å². The summed E-state index contributed by atoms with van der Waals surface area (Å²) >= 11 is 1.85. The Balaban J connectivity index is 1.12. The van der Waals surface area contributed by atoms with E-state index in [1.54, 1.807) is 0 Å². The molecule has 0 atom stereocenters. The molecule has 0 fully saturated rings. The molecule has 0 amide bonds. The number of nitrogens with zero attached hydrogens (tertiary/aromatic N) is 3. The third-order valence-electron chi connectivity index (χ3n) is 10.7. The summed E-state index contributed by atoms with van der Waals surface area (Å²) in [5, 5.41) is 8.57. The quantitative estimate of drug-likeness (QED) is 0.166. The highest BCUT2D eigenvalue weighted by Crippen LogP contribution is 2.46. The van der Waals surface area contributed by atoms with Crippen LogP contribution in [0.4, 0.5) is 0 Å². The molecule has 3 nitrogen and oxygen atoms in total. The summed E-state index contributed by atoms with van der Waals surface area (Å²) in [6, 6.07) is 66.5. The van der Waals surface area contributed by atoms with Crippen LogP contribution in [-0.4, -0.2) is 15.0 Å². The zero-order valence-corrected chi connectivity index (χ0v) is 30.5. The molecule has 0 saturated heterocycles. The Hall–Kier alpha value is -7.01. The van der Waals surface area contributed by atoms with Gasteiger partial charge in [-0.15, -0.1) is 11.3 Å². The first-order valence-electron chi connectivity index (χ1n) is 18.5. The van der Waals surface area contributed by atoms with E-state index in [0.29, 0.717) is 5.82 Å². The average molecular weight is 718 g/mol. The lowest BCUT2D eigenvalue weighted by molar-refractivity contribution is 1.18. The molecule has 11 rings (SSSR count). The lowest BCUT2D eigenvalue weighted by atomic mass is 9.91. The Morgan fingerprint density at radius 1 is 0.364 bits per heavy atom. The van der Waals surface area contributed by atoms with Crippen molar-refractivity contribution in [3.8, 4) is 56.3 Å². The molecule has 0 unspecified atom stereocenters. The van der Waals surface area contributed by atoms with Gasteiger partial charge in [0.1, 0.15) is 0 Å². The minimum Gasteiger partial charge on any atom is -0.246 e. The van der Waals surface area contributed by atoms with Crippen molar-refractivity contribution in [3.63, 3.8) is 0 Å². The smallest absolute Gasteiger partial charge is 0.160 e. The van der Waals surface area contributed by atoms with E-state index in [9.17, 15) is 0 Å². The average Bonchev–Trinajstić information content (AvgIpc) is 3.66. The molecule has 0 aliphatic rings. The second-order valence-corrected chi connectivity index (χ2v) is 15.0. The first-order chi connectivity index (χ1) is 27.3. The van der Waals surface area contributed by atoms with Crippen molar-refractivity contribution in [1.29, 1.82) is 0 Å². The largest absolute Gasteiger partial charge is 0.246 e. The molecule has 3 heterocycles. The molecule has 0 N–H and O–H groups in total. The van der Waals surface area contributed by atoms with Crippen LogP contribution in [0, 0.1) is 0 Å². The van der Waals surface area contributed by atoms with E-state index in [1.165, 1.54) is 52.7 Å². The van der Waals surface area contributed by atoms with E-state index in [1.807, 2.05) is 47.7 Å². The van der Waals surface area contributed by atoms with Crippen molar-refractivity contribution >= 4 is 64.0 Å². The fourth-order valence-corrected chi connectivity index (χ4v) is 9.29. The maximum absolute atomic E-state index is 5.65. The highest BCUT2D eigenvalue weighted by molar-refractivity contribution is 7.26. The molecule has 3 aromatic heterocycles. The number of pyridine rings is 1. The van der Waals surface area contributed by atoms with Gasteiger partial charge in [-0.2, -0.15) is 0 Å². The third kappa shape index (κ3) is 5.30. The first-order valence-corrected chi connectivity index (χ1v) is 19.3. The van der Waals surface area contributed by atoms with Gasteiger partial charge < -0.3 is 0 Å². The van der Waals surface area contributed by atoms with Crippen molar-refractivity contribution in [1.82, 2.24) is 15.0 Å². The summed E-state index contributed by atoms with van der Waals surface area (Å²) in [5.74, 6) is 0.706. The molecule has 0 bridgehead atoms. The van der Waals surface area contributed by atoms with Crippen molar-refractivity contribution < 1.29 is 0 Å². The SMILES string of the molecule is c1ccc(-c2cc(-c3ccc(-c4nc5c(-c6cc7ccccc7c7ccccc67)cccc5c5sc6ccccc6c45)cc3)nc(-c3ccccc3)n2)cc1. The second-order valence-electron chi connectivity index (χ2n) is 13.9. The van der Waals surface area contributed by atoms with Crippen LogP contribution in [0.25, 0.3) is 109 Å². The maximum atomic E-state index is 5.65. The lowest BCUT2D eigenvalue weighted by Gasteiger charge is -2.15. The van der Waals surface area contributed by atoms with E-state index in [2.05, 4.69) is 152 Å². The topological polar surface area (TPSA) is 38.7 Å². The molecule has 4 heteroatoms. The normalized spacial score (nSPS) is 11.6. The van der Waals surface area contributed by atoms with Gasteiger partial charge in [0, 0.05) is 53.4 Å². The van der Waals surface area contributed by atoms with Crippen LogP contribution in [0.5, 0.6) is 0 Å². The number of hydrogen-bond donors (Lipinski definition) is 0. The summed E-state index contributed by atoms with van der Waals surface area (Å²) < 4.78 is 2.52.